The minimum atomic E-state index is 0.246. The molecule has 1 atom stereocenters. The van der Waals surface area contributed by atoms with Gasteiger partial charge in [0.2, 0.25) is 0 Å². The van der Waals surface area contributed by atoms with E-state index in [1.165, 1.54) is 0 Å². The highest BCUT2D eigenvalue weighted by Crippen LogP contribution is 2.22. The number of benzene rings is 1. The van der Waals surface area contributed by atoms with Gasteiger partial charge in [0.05, 0.1) is 0 Å². The van der Waals surface area contributed by atoms with Crippen LogP contribution in [-0.2, 0) is 0 Å². The van der Waals surface area contributed by atoms with Gasteiger partial charge in [0, 0.05) is 30.9 Å². The van der Waals surface area contributed by atoms with Gasteiger partial charge in [-0.05, 0) is 25.5 Å². The molecule has 1 aliphatic rings. The molecule has 3 N–H and O–H groups in total. The van der Waals surface area contributed by atoms with Gasteiger partial charge in [-0.15, -0.1) is 0 Å². The quantitative estimate of drug-likeness (QED) is 0.893. The molecule has 5 nitrogen and oxygen atoms in total. The second-order valence-electron chi connectivity index (χ2n) is 5.14. The van der Waals surface area contributed by atoms with Gasteiger partial charge < -0.3 is 16.0 Å². The Morgan fingerprint density at radius 1 is 1.25 bits per heavy atom. The number of anilines is 3. The summed E-state index contributed by atoms with van der Waals surface area (Å²) in [6.07, 6.45) is 1.02. The van der Waals surface area contributed by atoms with Gasteiger partial charge in [0.1, 0.15) is 17.5 Å². The molecule has 1 aliphatic heterocycles. The lowest BCUT2D eigenvalue weighted by Crippen LogP contribution is -2.27. The topological polar surface area (TPSA) is 67.1 Å². The average Bonchev–Trinajstić information content (AvgIpc) is 2.86. The van der Waals surface area contributed by atoms with Crippen molar-refractivity contribution in [1.29, 1.82) is 0 Å². The molecule has 2 aromatic rings. The molecule has 104 valence electrons. The van der Waals surface area contributed by atoms with Crippen molar-refractivity contribution in [2.75, 3.05) is 23.3 Å². The molecule has 1 fully saturated rings. The molecule has 0 saturated carbocycles. The molecule has 20 heavy (non-hydrogen) atoms. The second kappa shape index (κ2) is 5.46. The average molecular weight is 269 g/mol. The summed E-state index contributed by atoms with van der Waals surface area (Å²) in [6.45, 7) is 3.74. The normalized spacial score (nSPS) is 18.3. The summed E-state index contributed by atoms with van der Waals surface area (Å²) in [6, 6.07) is 12.3. The lowest BCUT2D eigenvalue weighted by atomic mass is 10.3. The van der Waals surface area contributed by atoms with Crippen LogP contribution >= 0.6 is 0 Å². The standard InChI is InChI=1S/C15H19N5/c1-11-17-14(19-13-5-3-2-4-6-13)9-15(18-11)20-8-7-12(16)10-20/h2-6,9,12H,7-8,10,16H2,1H3,(H,17,18,19). The molecule has 0 spiro atoms. The number of hydrogen-bond donors (Lipinski definition) is 2. The Kier molecular flexibility index (Phi) is 3.52. The van der Waals surface area contributed by atoms with Crippen LogP contribution in [-0.4, -0.2) is 29.1 Å². The van der Waals surface area contributed by atoms with E-state index in [-0.39, 0.29) is 6.04 Å². The Morgan fingerprint density at radius 3 is 2.75 bits per heavy atom. The van der Waals surface area contributed by atoms with E-state index in [4.69, 9.17) is 5.73 Å². The van der Waals surface area contributed by atoms with Crippen molar-refractivity contribution in [3.05, 3.63) is 42.2 Å². The number of aryl methyl sites for hydroxylation is 1. The van der Waals surface area contributed by atoms with Crippen molar-refractivity contribution in [1.82, 2.24) is 9.97 Å². The van der Waals surface area contributed by atoms with Gasteiger partial charge in [-0.25, -0.2) is 9.97 Å². The molecular formula is C15H19N5. The Hall–Kier alpha value is -2.14. The summed E-state index contributed by atoms with van der Waals surface area (Å²) >= 11 is 0. The summed E-state index contributed by atoms with van der Waals surface area (Å²) in [5.41, 5.74) is 6.98. The lowest BCUT2D eigenvalue weighted by molar-refractivity contribution is 0.751. The maximum absolute atomic E-state index is 5.96. The summed E-state index contributed by atoms with van der Waals surface area (Å²) in [4.78, 5) is 11.2. The number of para-hydroxylation sites is 1. The molecule has 0 aliphatic carbocycles. The van der Waals surface area contributed by atoms with Crippen LogP contribution < -0.4 is 16.0 Å². The van der Waals surface area contributed by atoms with Crippen molar-refractivity contribution < 1.29 is 0 Å². The first kappa shape index (κ1) is 12.9. The SMILES string of the molecule is Cc1nc(Nc2ccccc2)cc(N2CCC(N)C2)n1. The van der Waals surface area contributed by atoms with Gasteiger partial charge in [-0.3, -0.25) is 0 Å². The Labute approximate surface area is 118 Å². The number of hydrogen-bond acceptors (Lipinski definition) is 5. The van der Waals surface area contributed by atoms with Crippen LogP contribution in [0.5, 0.6) is 0 Å². The first-order valence-corrected chi connectivity index (χ1v) is 6.89. The molecule has 1 aromatic heterocycles. The minimum absolute atomic E-state index is 0.246. The molecule has 2 heterocycles. The van der Waals surface area contributed by atoms with Gasteiger partial charge in [0.25, 0.3) is 0 Å². The van der Waals surface area contributed by atoms with E-state index in [1.54, 1.807) is 0 Å². The van der Waals surface area contributed by atoms with E-state index in [1.807, 2.05) is 43.3 Å². The number of nitrogens with two attached hydrogens (primary N) is 1. The van der Waals surface area contributed by atoms with E-state index in [9.17, 15) is 0 Å². The van der Waals surface area contributed by atoms with Crippen molar-refractivity contribution in [3.63, 3.8) is 0 Å². The highest BCUT2D eigenvalue weighted by Gasteiger charge is 2.21. The predicted molar refractivity (Wildman–Crippen MR) is 81.3 cm³/mol. The number of rotatable bonds is 3. The summed E-state index contributed by atoms with van der Waals surface area (Å²) < 4.78 is 0. The number of nitrogens with one attached hydrogen (secondary N) is 1. The molecule has 0 amide bonds. The van der Waals surface area contributed by atoms with E-state index >= 15 is 0 Å². The third-order valence-electron chi connectivity index (χ3n) is 3.42. The zero-order valence-electron chi connectivity index (χ0n) is 11.6. The van der Waals surface area contributed by atoms with E-state index in [0.29, 0.717) is 0 Å². The monoisotopic (exact) mass is 269 g/mol. The molecular weight excluding hydrogens is 250 g/mol. The summed E-state index contributed by atoms with van der Waals surface area (Å²) in [5.74, 6) is 2.53. The maximum Gasteiger partial charge on any atom is 0.136 e. The predicted octanol–water partition coefficient (Wildman–Crippen LogP) is 2.07. The van der Waals surface area contributed by atoms with Gasteiger partial charge in [0.15, 0.2) is 0 Å². The Bertz CT molecular complexity index is 584. The van der Waals surface area contributed by atoms with Crippen LogP contribution in [0, 0.1) is 6.92 Å². The van der Waals surface area contributed by atoms with Gasteiger partial charge in [-0.1, -0.05) is 18.2 Å². The third kappa shape index (κ3) is 2.88. The lowest BCUT2D eigenvalue weighted by Gasteiger charge is -2.18. The third-order valence-corrected chi connectivity index (χ3v) is 3.42. The van der Waals surface area contributed by atoms with E-state index in [2.05, 4.69) is 20.2 Å². The Balaban J connectivity index is 1.83. The van der Waals surface area contributed by atoms with Gasteiger partial charge in [-0.2, -0.15) is 0 Å². The zero-order chi connectivity index (χ0) is 13.9. The molecule has 0 radical (unpaired) electrons. The molecule has 5 heteroatoms. The zero-order valence-corrected chi connectivity index (χ0v) is 11.6. The number of nitrogens with zero attached hydrogens (tertiary/aromatic N) is 3. The van der Waals surface area contributed by atoms with Crippen LogP contribution in [0.15, 0.2) is 36.4 Å². The van der Waals surface area contributed by atoms with Crippen molar-refractivity contribution in [3.8, 4) is 0 Å². The smallest absolute Gasteiger partial charge is 0.136 e. The fourth-order valence-electron chi connectivity index (χ4n) is 2.44. The fraction of sp³-hybridized carbons (Fsp3) is 0.333. The summed E-state index contributed by atoms with van der Waals surface area (Å²) in [7, 11) is 0. The van der Waals surface area contributed by atoms with Crippen molar-refractivity contribution in [2.45, 2.75) is 19.4 Å². The van der Waals surface area contributed by atoms with Crippen molar-refractivity contribution >= 4 is 17.3 Å². The van der Waals surface area contributed by atoms with Crippen LogP contribution in [0.1, 0.15) is 12.2 Å². The number of aromatic nitrogens is 2. The first-order chi connectivity index (χ1) is 9.70. The van der Waals surface area contributed by atoms with Crippen LogP contribution in [0.25, 0.3) is 0 Å². The van der Waals surface area contributed by atoms with Crippen LogP contribution in [0.4, 0.5) is 17.3 Å². The van der Waals surface area contributed by atoms with E-state index in [0.717, 1.165) is 42.7 Å². The van der Waals surface area contributed by atoms with Crippen molar-refractivity contribution in [2.24, 2.45) is 5.73 Å². The highest BCUT2D eigenvalue weighted by molar-refractivity contribution is 5.59. The van der Waals surface area contributed by atoms with E-state index < -0.39 is 0 Å². The largest absolute Gasteiger partial charge is 0.355 e. The van der Waals surface area contributed by atoms with Gasteiger partial charge >= 0.3 is 0 Å². The minimum Gasteiger partial charge on any atom is -0.355 e. The van der Waals surface area contributed by atoms with Crippen LogP contribution in [0.3, 0.4) is 0 Å². The summed E-state index contributed by atoms with van der Waals surface area (Å²) in [5, 5.41) is 3.31. The maximum atomic E-state index is 5.96. The first-order valence-electron chi connectivity index (χ1n) is 6.89. The fourth-order valence-corrected chi connectivity index (χ4v) is 2.44. The second-order valence-corrected chi connectivity index (χ2v) is 5.14. The highest BCUT2D eigenvalue weighted by atomic mass is 15.2. The molecule has 1 saturated heterocycles. The van der Waals surface area contributed by atoms with Crippen LogP contribution in [0.2, 0.25) is 0 Å². The Morgan fingerprint density at radius 2 is 2.05 bits per heavy atom. The molecule has 1 unspecified atom stereocenters. The molecule has 0 bridgehead atoms. The molecule has 1 aromatic carbocycles. The molecule has 3 rings (SSSR count).